The van der Waals surface area contributed by atoms with Gasteiger partial charge in [-0.1, -0.05) is 6.92 Å². The van der Waals surface area contributed by atoms with E-state index in [2.05, 4.69) is 10.5 Å². The van der Waals surface area contributed by atoms with Crippen LogP contribution in [0.25, 0.3) is 0 Å². The number of hydrazone groups is 1. The minimum Gasteiger partial charge on any atom is -0.507 e. The summed E-state index contributed by atoms with van der Waals surface area (Å²) in [6.45, 7) is 2.48. The summed E-state index contributed by atoms with van der Waals surface area (Å²) in [6, 6.07) is 7.79. The Kier molecular flexibility index (Phi) is 6.32. The number of hydrogen-bond donors (Lipinski definition) is 3. The van der Waals surface area contributed by atoms with Crippen LogP contribution in [0.15, 0.2) is 46.4 Å². The number of nitro groups is 1. The van der Waals surface area contributed by atoms with E-state index >= 15 is 0 Å². The molecule has 0 unspecified atom stereocenters. The van der Waals surface area contributed by atoms with Gasteiger partial charge in [-0.2, -0.15) is 5.10 Å². The normalized spacial score (nSPS) is 11.5. The van der Waals surface area contributed by atoms with Crippen LogP contribution < -0.4 is 15.3 Å². The van der Waals surface area contributed by atoms with Crippen LogP contribution in [0.2, 0.25) is 0 Å². The van der Waals surface area contributed by atoms with Crippen LogP contribution in [0.4, 0.5) is 11.4 Å². The van der Waals surface area contributed by atoms with E-state index in [4.69, 9.17) is 9.88 Å². The fraction of sp³-hybridized carbons (Fsp3) is 0.188. The van der Waals surface area contributed by atoms with E-state index < -0.39 is 20.6 Å². The van der Waals surface area contributed by atoms with Crippen LogP contribution in [0.3, 0.4) is 0 Å². The number of nitrogens with zero attached hydrogens (tertiary/aromatic N) is 2. The Morgan fingerprint density at radius 2 is 2.07 bits per heavy atom. The van der Waals surface area contributed by atoms with Crippen LogP contribution in [0.5, 0.6) is 11.5 Å². The molecule has 4 N–H and O–H groups in total. The summed E-state index contributed by atoms with van der Waals surface area (Å²) >= 11 is 0. The average molecular weight is 394 g/mol. The number of aromatic hydroxyl groups is 1. The number of nitrogens with one attached hydrogen (secondary N) is 1. The van der Waals surface area contributed by atoms with E-state index in [-0.39, 0.29) is 16.3 Å². The number of benzene rings is 2. The van der Waals surface area contributed by atoms with Crippen molar-refractivity contribution in [1.82, 2.24) is 0 Å². The summed E-state index contributed by atoms with van der Waals surface area (Å²) in [5.41, 5.74) is 2.26. The van der Waals surface area contributed by atoms with Crippen LogP contribution in [-0.4, -0.2) is 31.3 Å². The lowest BCUT2D eigenvalue weighted by Crippen LogP contribution is -2.12. The summed E-state index contributed by atoms with van der Waals surface area (Å²) < 4.78 is 28.0. The van der Waals surface area contributed by atoms with Gasteiger partial charge in [0.15, 0.2) is 0 Å². The summed E-state index contributed by atoms with van der Waals surface area (Å²) in [7, 11) is -4.07. The third kappa shape index (κ3) is 5.39. The molecule has 144 valence electrons. The molecule has 10 nitrogen and oxygen atoms in total. The molecule has 0 radical (unpaired) electrons. The van der Waals surface area contributed by atoms with Crippen molar-refractivity contribution in [2.45, 2.75) is 18.2 Å². The molecule has 0 fully saturated rings. The predicted molar refractivity (Wildman–Crippen MR) is 99.6 cm³/mol. The average Bonchev–Trinajstić information content (AvgIpc) is 2.60. The monoisotopic (exact) mass is 394 g/mol. The van der Waals surface area contributed by atoms with Gasteiger partial charge in [-0.3, -0.25) is 15.5 Å². The van der Waals surface area contributed by atoms with Crippen molar-refractivity contribution in [3.63, 3.8) is 0 Å². The molecule has 0 saturated carbocycles. The quantitative estimate of drug-likeness (QED) is 0.352. The Bertz CT molecular complexity index is 975. The van der Waals surface area contributed by atoms with Crippen molar-refractivity contribution >= 4 is 27.6 Å². The van der Waals surface area contributed by atoms with Gasteiger partial charge in [0.05, 0.1) is 22.6 Å². The molecular weight excluding hydrogens is 376 g/mol. The summed E-state index contributed by atoms with van der Waals surface area (Å²) in [5, 5.41) is 29.9. The van der Waals surface area contributed by atoms with Crippen LogP contribution >= 0.6 is 0 Å². The molecule has 11 heteroatoms. The lowest BCUT2D eigenvalue weighted by molar-refractivity contribution is -0.384. The van der Waals surface area contributed by atoms with E-state index in [9.17, 15) is 23.6 Å². The van der Waals surface area contributed by atoms with Gasteiger partial charge in [0, 0.05) is 17.7 Å². The molecule has 0 spiro atoms. The van der Waals surface area contributed by atoms with Gasteiger partial charge >= 0.3 is 0 Å². The molecule has 2 rings (SSSR count). The van der Waals surface area contributed by atoms with Crippen molar-refractivity contribution < 1.29 is 23.2 Å². The summed E-state index contributed by atoms with van der Waals surface area (Å²) in [4.78, 5) is 9.99. The number of anilines is 1. The summed E-state index contributed by atoms with van der Waals surface area (Å²) in [5.74, 6) is 0.432. The van der Waals surface area contributed by atoms with Gasteiger partial charge in [0.25, 0.3) is 5.69 Å². The minimum atomic E-state index is -4.07. The topological polar surface area (TPSA) is 157 Å². The van der Waals surface area contributed by atoms with Crippen molar-refractivity contribution in [3.8, 4) is 11.5 Å². The van der Waals surface area contributed by atoms with Gasteiger partial charge in [0.1, 0.15) is 17.2 Å². The predicted octanol–water partition coefficient (Wildman–Crippen LogP) is 2.18. The molecule has 0 atom stereocenters. The number of primary sulfonamides is 1. The van der Waals surface area contributed by atoms with E-state index in [0.717, 1.165) is 18.6 Å². The Hall–Kier alpha value is -3.18. The van der Waals surface area contributed by atoms with Crippen molar-refractivity contribution in [2.75, 3.05) is 12.0 Å². The standard InChI is InChI=1S/C16H18N4O6S/c1-2-7-26-12-4-3-11(16(21)8-12)10-18-19-14-6-5-13(27(17,24)25)9-15(14)20(22)23/h3-6,8-10,19,21H,2,7H2,1H3,(H2,17,24,25)/b18-10+. The molecule has 0 aliphatic rings. The molecule has 2 aromatic rings. The highest BCUT2D eigenvalue weighted by Gasteiger charge is 2.18. The second-order valence-electron chi connectivity index (χ2n) is 5.42. The van der Waals surface area contributed by atoms with E-state index in [0.29, 0.717) is 17.9 Å². The fourth-order valence-electron chi connectivity index (χ4n) is 2.05. The Balaban J connectivity index is 2.19. The number of rotatable bonds is 8. The van der Waals surface area contributed by atoms with Gasteiger partial charge in [0.2, 0.25) is 10.0 Å². The van der Waals surface area contributed by atoms with E-state index in [1.54, 1.807) is 12.1 Å². The van der Waals surface area contributed by atoms with Crippen LogP contribution in [0.1, 0.15) is 18.9 Å². The number of sulfonamides is 1. The largest absolute Gasteiger partial charge is 0.507 e. The third-order valence-electron chi connectivity index (χ3n) is 3.36. The molecule has 2 aromatic carbocycles. The molecule has 0 aromatic heterocycles. The van der Waals surface area contributed by atoms with Gasteiger partial charge in [-0.25, -0.2) is 13.6 Å². The molecule has 0 bridgehead atoms. The number of phenolic OH excluding ortho intramolecular Hbond substituents is 1. The molecule has 0 amide bonds. The number of hydrogen-bond acceptors (Lipinski definition) is 8. The van der Waals surface area contributed by atoms with Gasteiger partial charge in [-0.15, -0.1) is 0 Å². The molecule has 0 aliphatic heterocycles. The van der Waals surface area contributed by atoms with Crippen molar-refractivity contribution in [1.29, 1.82) is 0 Å². The first-order valence-electron chi connectivity index (χ1n) is 7.78. The van der Waals surface area contributed by atoms with Crippen LogP contribution in [0, 0.1) is 10.1 Å². The van der Waals surface area contributed by atoms with Crippen molar-refractivity contribution in [3.05, 3.63) is 52.1 Å². The number of nitro benzene ring substituents is 1. The molecule has 0 heterocycles. The number of ether oxygens (including phenoxy) is 1. The lowest BCUT2D eigenvalue weighted by atomic mass is 10.2. The smallest absolute Gasteiger partial charge is 0.295 e. The molecule has 0 aliphatic carbocycles. The second-order valence-corrected chi connectivity index (χ2v) is 6.98. The maximum atomic E-state index is 11.3. The Morgan fingerprint density at radius 1 is 1.33 bits per heavy atom. The first kappa shape index (κ1) is 20.1. The third-order valence-corrected chi connectivity index (χ3v) is 4.27. The number of nitrogens with two attached hydrogens (primary N) is 1. The molecule has 0 saturated heterocycles. The Morgan fingerprint density at radius 3 is 2.67 bits per heavy atom. The molecular formula is C16H18N4O6S. The zero-order valence-corrected chi connectivity index (χ0v) is 15.1. The molecule has 27 heavy (non-hydrogen) atoms. The van der Waals surface area contributed by atoms with Crippen molar-refractivity contribution in [2.24, 2.45) is 10.2 Å². The zero-order chi connectivity index (χ0) is 20.0. The first-order valence-corrected chi connectivity index (χ1v) is 9.33. The highest BCUT2D eigenvalue weighted by Crippen LogP contribution is 2.27. The first-order chi connectivity index (χ1) is 12.7. The van der Waals surface area contributed by atoms with E-state index in [1.807, 2.05) is 6.92 Å². The zero-order valence-electron chi connectivity index (χ0n) is 14.3. The highest BCUT2D eigenvalue weighted by molar-refractivity contribution is 7.89. The lowest BCUT2D eigenvalue weighted by Gasteiger charge is -2.06. The maximum absolute atomic E-state index is 11.3. The van der Waals surface area contributed by atoms with Gasteiger partial charge in [-0.05, 0) is 30.7 Å². The SMILES string of the molecule is CCCOc1ccc(/C=N/Nc2ccc(S(N)(=O)=O)cc2[N+](=O)[O-])c(O)c1. The minimum absolute atomic E-state index is 0.0361. The van der Waals surface area contributed by atoms with E-state index in [1.165, 1.54) is 18.3 Å². The highest BCUT2D eigenvalue weighted by atomic mass is 32.2. The second kappa shape index (κ2) is 8.47. The maximum Gasteiger partial charge on any atom is 0.295 e. The fourth-order valence-corrected chi connectivity index (χ4v) is 2.58. The summed E-state index contributed by atoms with van der Waals surface area (Å²) in [6.07, 6.45) is 2.09. The number of phenols is 1. The Labute approximate surface area is 155 Å². The van der Waals surface area contributed by atoms with Crippen LogP contribution in [-0.2, 0) is 10.0 Å². The van der Waals surface area contributed by atoms with Gasteiger partial charge < -0.3 is 9.84 Å².